The molecule has 0 aliphatic carbocycles. The monoisotopic (exact) mass is 516 g/mol. The number of nitrogens with zero attached hydrogens (tertiary/aromatic N) is 1. The first-order valence-corrected chi connectivity index (χ1v) is 11.1. The molecular weight excluding hydrogens is 487 g/mol. The molecule has 1 unspecified atom stereocenters. The molecule has 3 aliphatic heterocycles. The van der Waals surface area contributed by atoms with Crippen molar-refractivity contribution in [1.82, 2.24) is 10.2 Å². The molecule has 2 aromatic rings. The lowest BCUT2D eigenvalue weighted by molar-refractivity contribution is 0.0720. The number of piperidine rings is 3. The molecule has 166 valence electrons. The van der Waals surface area contributed by atoms with Crippen LogP contribution in [0, 0.1) is 5.92 Å². The van der Waals surface area contributed by atoms with E-state index in [1.54, 1.807) is 0 Å². The zero-order chi connectivity index (χ0) is 19.3. The first kappa shape index (κ1) is 25.3. The van der Waals surface area contributed by atoms with Gasteiger partial charge in [-0.2, -0.15) is 0 Å². The van der Waals surface area contributed by atoms with Crippen molar-refractivity contribution < 1.29 is 9.47 Å². The van der Waals surface area contributed by atoms with Crippen LogP contribution in [0.5, 0.6) is 11.5 Å². The van der Waals surface area contributed by atoms with Crippen LogP contribution >= 0.6 is 40.7 Å². The van der Waals surface area contributed by atoms with Gasteiger partial charge in [-0.05, 0) is 78.0 Å². The average Bonchev–Trinajstić information content (AvgIpc) is 2.73. The zero-order valence-electron chi connectivity index (χ0n) is 17.3. The van der Waals surface area contributed by atoms with Crippen molar-refractivity contribution >= 4 is 40.7 Å². The summed E-state index contributed by atoms with van der Waals surface area (Å²) in [5.74, 6) is 2.41. The smallest absolute Gasteiger partial charge is 0.175 e. The van der Waals surface area contributed by atoms with E-state index in [1.165, 1.54) is 38.0 Å². The highest BCUT2D eigenvalue weighted by Crippen LogP contribution is 2.37. The molecule has 0 aromatic heterocycles. The number of halogens is 3. The van der Waals surface area contributed by atoms with E-state index in [0.717, 1.165) is 34.0 Å². The number of hydrogen-bond acceptors (Lipinski definition) is 4. The summed E-state index contributed by atoms with van der Waals surface area (Å²) in [4.78, 5) is 2.58. The molecule has 3 fully saturated rings. The molecule has 7 heteroatoms. The predicted molar refractivity (Wildman–Crippen MR) is 130 cm³/mol. The molecule has 30 heavy (non-hydrogen) atoms. The van der Waals surface area contributed by atoms with Gasteiger partial charge in [-0.15, -0.1) is 24.8 Å². The van der Waals surface area contributed by atoms with Gasteiger partial charge in [0.25, 0.3) is 0 Å². The van der Waals surface area contributed by atoms with E-state index in [-0.39, 0.29) is 24.8 Å². The average molecular weight is 518 g/mol. The highest BCUT2D eigenvalue weighted by molar-refractivity contribution is 9.10. The molecule has 0 spiro atoms. The number of fused-ring (bicyclic) bond motifs is 3. The van der Waals surface area contributed by atoms with Crippen molar-refractivity contribution in [1.29, 1.82) is 0 Å². The fourth-order valence-corrected chi connectivity index (χ4v) is 4.91. The summed E-state index contributed by atoms with van der Waals surface area (Å²) in [5.41, 5.74) is 2.36. The minimum Gasteiger partial charge on any atom is -0.490 e. The van der Waals surface area contributed by atoms with E-state index < -0.39 is 0 Å². The third-order valence-corrected chi connectivity index (χ3v) is 6.41. The van der Waals surface area contributed by atoms with Crippen LogP contribution in [0.15, 0.2) is 46.9 Å². The number of benzene rings is 2. The van der Waals surface area contributed by atoms with Crippen LogP contribution in [-0.2, 0) is 13.2 Å². The van der Waals surface area contributed by atoms with Crippen LogP contribution in [0.3, 0.4) is 0 Å². The van der Waals surface area contributed by atoms with Crippen molar-refractivity contribution in [2.45, 2.75) is 39.0 Å². The molecule has 4 nitrogen and oxygen atoms in total. The standard InChI is InChI=1S/C23H29BrN2O2.2ClH/c1-2-27-22-13-18(14-25-21-15-26-10-8-19(21)9-11-26)12-20(24)23(22)28-16-17-6-4-3-5-7-17;;/h3-7,12-13,19,21,25H,2,8-11,14-16H2,1H3;2*1H. The van der Waals surface area contributed by atoms with E-state index in [4.69, 9.17) is 9.47 Å². The summed E-state index contributed by atoms with van der Waals surface area (Å²) in [5, 5.41) is 3.78. The van der Waals surface area contributed by atoms with Gasteiger partial charge < -0.3 is 19.7 Å². The summed E-state index contributed by atoms with van der Waals surface area (Å²) < 4.78 is 12.9. The topological polar surface area (TPSA) is 33.7 Å². The van der Waals surface area contributed by atoms with Crippen molar-refractivity contribution in [3.05, 3.63) is 58.1 Å². The Labute approximate surface area is 200 Å². The molecule has 2 bridgehead atoms. The lowest BCUT2D eigenvalue weighted by Gasteiger charge is -2.45. The molecule has 1 N–H and O–H groups in total. The third-order valence-electron chi connectivity index (χ3n) is 5.82. The van der Waals surface area contributed by atoms with Gasteiger partial charge in [-0.3, -0.25) is 0 Å². The molecule has 2 aromatic carbocycles. The minimum atomic E-state index is 0. The Kier molecular flexibility index (Phi) is 10.2. The Morgan fingerprint density at radius 2 is 1.77 bits per heavy atom. The number of nitrogens with one attached hydrogen (secondary N) is 1. The van der Waals surface area contributed by atoms with Gasteiger partial charge in [0.1, 0.15) is 6.61 Å². The van der Waals surface area contributed by atoms with Gasteiger partial charge in [0.05, 0.1) is 11.1 Å². The fourth-order valence-electron chi connectivity index (χ4n) is 4.30. The van der Waals surface area contributed by atoms with Crippen LogP contribution in [-0.4, -0.2) is 37.2 Å². The first-order chi connectivity index (χ1) is 13.7. The van der Waals surface area contributed by atoms with Gasteiger partial charge in [0, 0.05) is 19.1 Å². The summed E-state index contributed by atoms with van der Waals surface area (Å²) in [6, 6.07) is 15.1. The molecule has 0 saturated carbocycles. The predicted octanol–water partition coefficient (Wildman–Crippen LogP) is 5.45. The maximum atomic E-state index is 6.10. The van der Waals surface area contributed by atoms with Gasteiger partial charge in [-0.1, -0.05) is 30.3 Å². The highest BCUT2D eigenvalue weighted by Gasteiger charge is 2.33. The quantitative estimate of drug-likeness (QED) is 0.504. The molecule has 0 amide bonds. The highest BCUT2D eigenvalue weighted by atomic mass is 79.9. The lowest BCUT2D eigenvalue weighted by atomic mass is 9.84. The van der Waals surface area contributed by atoms with Crippen LogP contribution < -0.4 is 14.8 Å². The lowest BCUT2D eigenvalue weighted by Crippen LogP contribution is -2.55. The van der Waals surface area contributed by atoms with Crippen molar-refractivity contribution in [3.63, 3.8) is 0 Å². The normalized spacial score (nSPS) is 22.0. The zero-order valence-corrected chi connectivity index (χ0v) is 20.5. The largest absolute Gasteiger partial charge is 0.490 e. The minimum absolute atomic E-state index is 0. The number of ether oxygens (including phenoxy) is 2. The first-order valence-electron chi connectivity index (χ1n) is 10.3. The van der Waals surface area contributed by atoms with E-state index in [2.05, 4.69) is 50.4 Å². The molecule has 3 heterocycles. The van der Waals surface area contributed by atoms with Gasteiger partial charge in [0.15, 0.2) is 11.5 Å². The SMILES string of the molecule is CCOc1cc(CNC2CN3CCC2CC3)cc(Br)c1OCc1ccccc1.Cl.Cl. The molecule has 3 saturated heterocycles. The maximum absolute atomic E-state index is 6.10. The summed E-state index contributed by atoms with van der Waals surface area (Å²) in [6.45, 7) is 7.73. The van der Waals surface area contributed by atoms with Crippen LogP contribution in [0.25, 0.3) is 0 Å². The third kappa shape index (κ3) is 6.27. The van der Waals surface area contributed by atoms with Crippen LogP contribution in [0.2, 0.25) is 0 Å². The molecule has 1 atom stereocenters. The van der Waals surface area contributed by atoms with E-state index in [0.29, 0.717) is 19.3 Å². The molecule has 0 radical (unpaired) electrons. The van der Waals surface area contributed by atoms with Gasteiger partial charge in [-0.25, -0.2) is 0 Å². The fraction of sp³-hybridized carbons (Fsp3) is 0.478. The Hall–Kier alpha value is -0.980. The van der Waals surface area contributed by atoms with Crippen LogP contribution in [0.1, 0.15) is 30.9 Å². The molecule has 3 aliphatic rings. The second-order valence-corrected chi connectivity index (χ2v) is 8.59. The Balaban J connectivity index is 0.00000160. The molecule has 5 rings (SSSR count). The Morgan fingerprint density at radius 1 is 1.03 bits per heavy atom. The van der Waals surface area contributed by atoms with Crippen molar-refractivity contribution in [3.8, 4) is 11.5 Å². The second-order valence-electron chi connectivity index (χ2n) is 7.74. The summed E-state index contributed by atoms with van der Waals surface area (Å²) in [6.07, 6.45) is 2.66. The Bertz CT molecular complexity index is 786. The van der Waals surface area contributed by atoms with E-state index in [1.807, 2.05) is 25.1 Å². The number of rotatable bonds is 8. The molecular formula is C23H31BrCl2N2O2. The number of hydrogen-bond donors (Lipinski definition) is 1. The Morgan fingerprint density at radius 3 is 2.40 bits per heavy atom. The van der Waals surface area contributed by atoms with Crippen molar-refractivity contribution in [2.24, 2.45) is 5.92 Å². The van der Waals surface area contributed by atoms with Gasteiger partial charge in [0.2, 0.25) is 0 Å². The van der Waals surface area contributed by atoms with Crippen molar-refractivity contribution in [2.75, 3.05) is 26.2 Å². The van der Waals surface area contributed by atoms with E-state index in [9.17, 15) is 0 Å². The summed E-state index contributed by atoms with van der Waals surface area (Å²) in [7, 11) is 0. The summed E-state index contributed by atoms with van der Waals surface area (Å²) >= 11 is 3.70. The van der Waals surface area contributed by atoms with E-state index >= 15 is 0 Å². The maximum Gasteiger partial charge on any atom is 0.175 e. The second kappa shape index (κ2) is 12.2. The van der Waals surface area contributed by atoms with Gasteiger partial charge >= 0.3 is 0 Å². The van der Waals surface area contributed by atoms with Crippen LogP contribution in [0.4, 0.5) is 0 Å².